The molecular formula is C19H21N5O3. The molecule has 0 aliphatic carbocycles. The number of aromatic nitrogens is 4. The van der Waals surface area contributed by atoms with E-state index in [-0.39, 0.29) is 18.4 Å². The molecule has 1 aromatic carbocycles. The third-order valence-corrected chi connectivity index (χ3v) is 5.10. The van der Waals surface area contributed by atoms with Crippen molar-refractivity contribution < 1.29 is 4.79 Å². The van der Waals surface area contributed by atoms with Crippen LogP contribution in [0, 0.1) is 6.92 Å². The Balaban J connectivity index is 1.51. The number of carbonyl (C=O) groups is 1. The Morgan fingerprint density at radius 3 is 2.89 bits per heavy atom. The summed E-state index contributed by atoms with van der Waals surface area (Å²) >= 11 is 0. The molecule has 2 aromatic heterocycles. The number of nitrogens with zero attached hydrogens (tertiary/aromatic N) is 3. The second-order valence-corrected chi connectivity index (χ2v) is 7.01. The number of carbonyl (C=O) groups excluding carboxylic acids is 1. The van der Waals surface area contributed by atoms with Crippen molar-refractivity contribution >= 4 is 16.9 Å². The summed E-state index contributed by atoms with van der Waals surface area (Å²) in [6.45, 7) is 3.18. The molecule has 1 amide bonds. The molecule has 140 valence electrons. The lowest BCUT2D eigenvalue weighted by Crippen LogP contribution is -2.43. The van der Waals surface area contributed by atoms with Crippen LogP contribution in [-0.4, -0.2) is 43.4 Å². The van der Waals surface area contributed by atoms with Crippen molar-refractivity contribution in [3.05, 3.63) is 62.7 Å². The van der Waals surface area contributed by atoms with Crippen LogP contribution >= 0.6 is 0 Å². The molecule has 8 nitrogen and oxygen atoms in total. The fourth-order valence-corrected chi connectivity index (χ4v) is 3.63. The molecule has 4 rings (SSSR count). The number of fused-ring (bicyclic) bond motifs is 1. The van der Waals surface area contributed by atoms with Crippen molar-refractivity contribution in [1.29, 1.82) is 0 Å². The maximum absolute atomic E-state index is 12.7. The Labute approximate surface area is 154 Å². The molecule has 0 bridgehead atoms. The van der Waals surface area contributed by atoms with Crippen LogP contribution in [0.3, 0.4) is 0 Å². The van der Waals surface area contributed by atoms with Gasteiger partial charge in [-0.2, -0.15) is 0 Å². The van der Waals surface area contributed by atoms with E-state index in [1.54, 1.807) is 4.90 Å². The van der Waals surface area contributed by atoms with Gasteiger partial charge in [-0.3, -0.25) is 19.1 Å². The Kier molecular flexibility index (Phi) is 4.39. The molecule has 1 saturated heterocycles. The zero-order chi connectivity index (χ0) is 19.0. The first-order valence-electron chi connectivity index (χ1n) is 9.04. The van der Waals surface area contributed by atoms with Crippen molar-refractivity contribution in [3.63, 3.8) is 0 Å². The lowest BCUT2D eigenvalue weighted by atomic mass is 9.97. The number of likely N-dealkylation sites (tertiary alicyclic amines) is 1. The van der Waals surface area contributed by atoms with Crippen LogP contribution in [0.25, 0.3) is 11.0 Å². The van der Waals surface area contributed by atoms with Crippen molar-refractivity contribution in [2.45, 2.75) is 32.2 Å². The Bertz CT molecular complexity index is 1110. The second kappa shape index (κ2) is 6.86. The molecule has 1 unspecified atom stereocenters. The highest BCUT2D eigenvalue weighted by Gasteiger charge is 2.27. The van der Waals surface area contributed by atoms with E-state index < -0.39 is 11.2 Å². The van der Waals surface area contributed by atoms with Crippen LogP contribution in [0.2, 0.25) is 0 Å². The van der Waals surface area contributed by atoms with Gasteiger partial charge in [-0.15, -0.1) is 0 Å². The number of para-hydroxylation sites is 1. The topological polar surface area (TPSA) is 104 Å². The van der Waals surface area contributed by atoms with Gasteiger partial charge in [-0.25, -0.2) is 9.78 Å². The van der Waals surface area contributed by atoms with Gasteiger partial charge in [0.2, 0.25) is 5.91 Å². The molecule has 1 fully saturated rings. The van der Waals surface area contributed by atoms with E-state index in [0.717, 1.165) is 35.3 Å². The third kappa shape index (κ3) is 3.42. The number of H-pyrrole nitrogens is 2. The smallest absolute Gasteiger partial charge is 0.328 e. The number of aryl methyl sites for hydroxylation is 1. The molecule has 2 N–H and O–H groups in total. The van der Waals surface area contributed by atoms with Gasteiger partial charge in [0.1, 0.15) is 12.4 Å². The highest BCUT2D eigenvalue weighted by molar-refractivity contribution is 5.79. The van der Waals surface area contributed by atoms with Crippen LogP contribution in [0.15, 0.2) is 40.1 Å². The monoisotopic (exact) mass is 367 g/mol. The van der Waals surface area contributed by atoms with Crippen LogP contribution in [-0.2, 0) is 11.3 Å². The lowest BCUT2D eigenvalue weighted by Gasteiger charge is -2.32. The standard InChI is InChI=1S/C19H21N5O3/c1-12-4-2-6-14-17(12)22-18(20-14)13-5-3-8-23(10-13)16(26)11-24-9-7-15(25)21-19(24)27/h2,4,6-7,9,13H,3,5,8,10-11H2,1H3,(H,20,22)(H,21,25,27). The number of rotatable bonds is 3. The van der Waals surface area contributed by atoms with E-state index in [0.29, 0.717) is 13.1 Å². The maximum atomic E-state index is 12.7. The first kappa shape index (κ1) is 17.3. The lowest BCUT2D eigenvalue weighted by molar-refractivity contribution is -0.133. The first-order chi connectivity index (χ1) is 13.0. The minimum absolute atomic E-state index is 0.0818. The predicted molar refractivity (Wildman–Crippen MR) is 101 cm³/mol. The number of benzene rings is 1. The molecule has 3 heterocycles. The molecular weight excluding hydrogens is 346 g/mol. The summed E-state index contributed by atoms with van der Waals surface area (Å²) < 4.78 is 1.22. The summed E-state index contributed by atoms with van der Waals surface area (Å²) in [7, 11) is 0. The second-order valence-electron chi connectivity index (χ2n) is 7.01. The molecule has 8 heteroatoms. The van der Waals surface area contributed by atoms with E-state index in [4.69, 9.17) is 4.98 Å². The van der Waals surface area contributed by atoms with Gasteiger partial charge in [0.15, 0.2) is 0 Å². The van der Waals surface area contributed by atoms with E-state index in [9.17, 15) is 14.4 Å². The maximum Gasteiger partial charge on any atom is 0.328 e. The fraction of sp³-hybridized carbons (Fsp3) is 0.368. The summed E-state index contributed by atoms with van der Waals surface area (Å²) in [5.41, 5.74) is 2.05. The van der Waals surface area contributed by atoms with Crippen molar-refractivity contribution in [2.75, 3.05) is 13.1 Å². The zero-order valence-corrected chi connectivity index (χ0v) is 15.1. The average Bonchev–Trinajstić information content (AvgIpc) is 3.10. The Hall–Kier alpha value is -3.16. The van der Waals surface area contributed by atoms with E-state index in [1.807, 2.05) is 25.1 Å². The minimum Gasteiger partial charge on any atom is -0.342 e. The number of piperidine rings is 1. The van der Waals surface area contributed by atoms with Gasteiger partial charge in [-0.05, 0) is 31.4 Å². The number of imidazole rings is 1. The molecule has 3 aromatic rings. The highest BCUT2D eigenvalue weighted by Crippen LogP contribution is 2.27. The van der Waals surface area contributed by atoms with Crippen LogP contribution in [0.4, 0.5) is 0 Å². The molecule has 0 spiro atoms. The van der Waals surface area contributed by atoms with Crippen LogP contribution in [0.1, 0.15) is 30.1 Å². The van der Waals surface area contributed by atoms with Crippen LogP contribution < -0.4 is 11.2 Å². The molecule has 0 radical (unpaired) electrons. The summed E-state index contributed by atoms with van der Waals surface area (Å²) in [5, 5.41) is 0. The van der Waals surface area contributed by atoms with Crippen molar-refractivity contribution in [2.24, 2.45) is 0 Å². The van der Waals surface area contributed by atoms with E-state index in [2.05, 4.69) is 9.97 Å². The highest BCUT2D eigenvalue weighted by atomic mass is 16.2. The van der Waals surface area contributed by atoms with Gasteiger partial charge in [0.05, 0.1) is 11.0 Å². The zero-order valence-electron chi connectivity index (χ0n) is 15.1. The molecule has 0 saturated carbocycles. The largest absolute Gasteiger partial charge is 0.342 e. The van der Waals surface area contributed by atoms with Gasteiger partial charge in [-0.1, -0.05) is 12.1 Å². The predicted octanol–water partition coefficient (Wildman–Crippen LogP) is 1.13. The number of hydrogen-bond donors (Lipinski definition) is 2. The SMILES string of the molecule is Cc1cccc2[nH]c(C3CCCN(C(=O)Cn4ccc(=O)[nH]c4=O)C3)nc12. The number of nitrogens with one attached hydrogen (secondary N) is 2. The summed E-state index contributed by atoms with van der Waals surface area (Å²) in [4.78, 5) is 47.7. The molecule has 1 aliphatic rings. The first-order valence-corrected chi connectivity index (χ1v) is 9.04. The van der Waals surface area contributed by atoms with Gasteiger partial charge in [0, 0.05) is 31.3 Å². The fourth-order valence-electron chi connectivity index (χ4n) is 3.63. The number of aromatic amines is 2. The van der Waals surface area contributed by atoms with Gasteiger partial charge >= 0.3 is 5.69 Å². The van der Waals surface area contributed by atoms with Gasteiger partial charge < -0.3 is 9.88 Å². The van der Waals surface area contributed by atoms with E-state index in [1.165, 1.54) is 16.8 Å². The van der Waals surface area contributed by atoms with E-state index >= 15 is 0 Å². The minimum atomic E-state index is -0.572. The average molecular weight is 367 g/mol. The summed E-state index contributed by atoms with van der Waals surface area (Å²) in [6.07, 6.45) is 3.19. The quantitative estimate of drug-likeness (QED) is 0.724. The number of hydrogen-bond acceptors (Lipinski definition) is 4. The number of amides is 1. The molecule has 1 atom stereocenters. The Morgan fingerprint density at radius 1 is 1.26 bits per heavy atom. The summed E-state index contributed by atoms with van der Waals surface area (Å²) in [6, 6.07) is 7.28. The van der Waals surface area contributed by atoms with Gasteiger partial charge in [0.25, 0.3) is 5.56 Å². The summed E-state index contributed by atoms with van der Waals surface area (Å²) in [5.74, 6) is 0.904. The van der Waals surface area contributed by atoms with Crippen molar-refractivity contribution in [3.8, 4) is 0 Å². The van der Waals surface area contributed by atoms with Crippen LogP contribution in [0.5, 0.6) is 0 Å². The van der Waals surface area contributed by atoms with Crippen molar-refractivity contribution in [1.82, 2.24) is 24.4 Å². The third-order valence-electron chi connectivity index (χ3n) is 5.10. The molecule has 27 heavy (non-hydrogen) atoms. The molecule has 1 aliphatic heterocycles. The Morgan fingerprint density at radius 2 is 2.11 bits per heavy atom. The normalized spacial score (nSPS) is 17.4.